The van der Waals surface area contributed by atoms with Crippen molar-refractivity contribution < 1.29 is 19.8 Å². The molecule has 1 fully saturated rings. The lowest BCUT2D eigenvalue weighted by atomic mass is 10.1. The van der Waals surface area contributed by atoms with Gasteiger partial charge in [-0.25, -0.2) is 4.79 Å². The van der Waals surface area contributed by atoms with Gasteiger partial charge in [-0.2, -0.15) is 0 Å². The predicted octanol–water partition coefficient (Wildman–Crippen LogP) is 1.30. The van der Waals surface area contributed by atoms with Gasteiger partial charge in [0.1, 0.15) is 11.8 Å². The largest absolute Gasteiger partial charge is 0.508 e. The highest BCUT2D eigenvalue weighted by molar-refractivity contribution is 7.99. The number of phenolic OH excluding ortho intramolecular Hbond substituents is 1. The molecule has 2 rings (SSSR count). The van der Waals surface area contributed by atoms with Crippen molar-refractivity contribution in [2.45, 2.75) is 13.0 Å². The number of amides is 1. The van der Waals surface area contributed by atoms with Crippen LogP contribution in [0, 0.1) is 6.92 Å². The van der Waals surface area contributed by atoms with Crippen LogP contribution in [0.2, 0.25) is 0 Å². The number of phenols is 1. The minimum Gasteiger partial charge on any atom is -0.508 e. The molecular weight excluding hydrogens is 254 g/mol. The van der Waals surface area contributed by atoms with E-state index in [0.29, 0.717) is 22.8 Å². The second kappa shape index (κ2) is 4.89. The van der Waals surface area contributed by atoms with Crippen molar-refractivity contribution in [1.82, 2.24) is 4.90 Å². The maximum absolute atomic E-state index is 12.2. The maximum atomic E-state index is 12.2. The van der Waals surface area contributed by atoms with Crippen LogP contribution in [0.4, 0.5) is 0 Å². The van der Waals surface area contributed by atoms with E-state index in [2.05, 4.69) is 0 Å². The predicted molar refractivity (Wildman–Crippen MR) is 67.8 cm³/mol. The second-order valence-electron chi connectivity index (χ2n) is 4.13. The number of hydrogen-bond donors (Lipinski definition) is 2. The number of thioether (sulfide) groups is 1. The number of rotatable bonds is 2. The standard InChI is InChI=1S/C12H13NO4S/c1-7-2-3-8(4-10(7)14)11(15)13-6-18-5-9(13)12(16)17/h2-4,9,14H,5-6H2,1H3,(H,16,17). The summed E-state index contributed by atoms with van der Waals surface area (Å²) in [6.07, 6.45) is 0. The highest BCUT2D eigenvalue weighted by atomic mass is 32.2. The van der Waals surface area contributed by atoms with E-state index in [9.17, 15) is 14.7 Å². The van der Waals surface area contributed by atoms with Gasteiger partial charge < -0.3 is 15.1 Å². The Labute approximate surface area is 108 Å². The molecule has 1 atom stereocenters. The fourth-order valence-corrected chi connectivity index (χ4v) is 2.90. The van der Waals surface area contributed by atoms with E-state index in [4.69, 9.17) is 5.11 Å². The highest BCUT2D eigenvalue weighted by Crippen LogP contribution is 2.25. The van der Waals surface area contributed by atoms with Gasteiger partial charge in [0.15, 0.2) is 0 Å². The zero-order valence-electron chi connectivity index (χ0n) is 9.79. The smallest absolute Gasteiger partial charge is 0.327 e. The Balaban J connectivity index is 2.25. The third-order valence-electron chi connectivity index (χ3n) is 2.88. The normalized spacial score (nSPS) is 18.9. The van der Waals surface area contributed by atoms with Gasteiger partial charge in [-0.15, -0.1) is 11.8 Å². The summed E-state index contributed by atoms with van der Waals surface area (Å²) in [4.78, 5) is 24.5. The Hall–Kier alpha value is -1.69. The Morgan fingerprint density at radius 1 is 1.44 bits per heavy atom. The highest BCUT2D eigenvalue weighted by Gasteiger charge is 2.35. The first-order valence-corrected chi connectivity index (χ1v) is 6.57. The molecule has 0 aromatic heterocycles. The molecule has 1 unspecified atom stereocenters. The Kier molecular flexibility index (Phi) is 3.47. The minimum absolute atomic E-state index is 0.0413. The third-order valence-corrected chi connectivity index (χ3v) is 3.90. The van der Waals surface area contributed by atoms with Gasteiger partial charge in [0, 0.05) is 11.3 Å². The van der Waals surface area contributed by atoms with Crippen LogP contribution in [0.5, 0.6) is 5.75 Å². The first kappa shape index (κ1) is 12.8. The molecule has 1 heterocycles. The first-order valence-electron chi connectivity index (χ1n) is 5.42. The molecule has 1 aromatic carbocycles. The van der Waals surface area contributed by atoms with Gasteiger partial charge in [-0.1, -0.05) is 6.07 Å². The molecule has 1 aliphatic rings. The molecule has 18 heavy (non-hydrogen) atoms. The zero-order valence-corrected chi connectivity index (χ0v) is 10.6. The number of aliphatic carboxylic acids is 1. The summed E-state index contributed by atoms with van der Waals surface area (Å²) in [5.41, 5.74) is 0.990. The molecule has 1 saturated heterocycles. The number of nitrogens with zero attached hydrogens (tertiary/aromatic N) is 1. The van der Waals surface area contributed by atoms with Crippen molar-refractivity contribution in [3.8, 4) is 5.75 Å². The minimum atomic E-state index is -0.996. The van der Waals surface area contributed by atoms with E-state index in [1.54, 1.807) is 19.1 Å². The lowest BCUT2D eigenvalue weighted by Crippen LogP contribution is -2.41. The Morgan fingerprint density at radius 3 is 2.78 bits per heavy atom. The van der Waals surface area contributed by atoms with E-state index in [-0.39, 0.29) is 11.7 Å². The van der Waals surface area contributed by atoms with Crippen LogP contribution in [0.25, 0.3) is 0 Å². The zero-order chi connectivity index (χ0) is 13.3. The van der Waals surface area contributed by atoms with Crippen molar-refractivity contribution in [2.24, 2.45) is 0 Å². The molecule has 1 aliphatic heterocycles. The van der Waals surface area contributed by atoms with Gasteiger partial charge >= 0.3 is 5.97 Å². The number of carboxylic acid groups (broad SMARTS) is 1. The molecule has 0 spiro atoms. The lowest BCUT2D eigenvalue weighted by Gasteiger charge is -2.20. The topological polar surface area (TPSA) is 77.8 Å². The molecule has 1 amide bonds. The Morgan fingerprint density at radius 2 is 2.17 bits per heavy atom. The van der Waals surface area contributed by atoms with Crippen LogP contribution in [-0.2, 0) is 4.79 Å². The van der Waals surface area contributed by atoms with E-state index in [0.717, 1.165) is 0 Å². The number of carboxylic acids is 1. The van der Waals surface area contributed by atoms with Gasteiger partial charge in [0.2, 0.25) is 0 Å². The van der Waals surface area contributed by atoms with E-state index >= 15 is 0 Å². The van der Waals surface area contributed by atoms with Crippen LogP contribution in [0.3, 0.4) is 0 Å². The molecule has 1 aromatic rings. The van der Waals surface area contributed by atoms with E-state index in [1.165, 1.54) is 22.7 Å². The van der Waals surface area contributed by atoms with Gasteiger partial charge in [-0.3, -0.25) is 4.79 Å². The Bertz CT molecular complexity index is 503. The van der Waals surface area contributed by atoms with Crippen molar-refractivity contribution in [1.29, 1.82) is 0 Å². The first-order chi connectivity index (χ1) is 8.50. The van der Waals surface area contributed by atoms with Crippen molar-refractivity contribution in [2.75, 3.05) is 11.6 Å². The lowest BCUT2D eigenvalue weighted by molar-refractivity contribution is -0.140. The average Bonchev–Trinajstić information content (AvgIpc) is 2.81. The number of aryl methyl sites for hydroxylation is 1. The number of aromatic hydroxyl groups is 1. The van der Waals surface area contributed by atoms with Crippen LogP contribution < -0.4 is 0 Å². The van der Waals surface area contributed by atoms with E-state index in [1.807, 2.05) is 0 Å². The van der Waals surface area contributed by atoms with E-state index < -0.39 is 12.0 Å². The summed E-state index contributed by atoms with van der Waals surface area (Å²) in [7, 11) is 0. The monoisotopic (exact) mass is 267 g/mol. The summed E-state index contributed by atoms with van der Waals surface area (Å²) >= 11 is 1.41. The average molecular weight is 267 g/mol. The number of carbonyl (C=O) groups excluding carboxylic acids is 1. The molecule has 0 radical (unpaired) electrons. The summed E-state index contributed by atoms with van der Waals surface area (Å²) in [6, 6.07) is 3.83. The molecule has 5 nitrogen and oxygen atoms in total. The SMILES string of the molecule is Cc1ccc(C(=O)N2CSCC2C(=O)O)cc1O. The van der Waals surface area contributed by atoms with Gasteiger partial charge in [-0.05, 0) is 24.6 Å². The second-order valence-corrected chi connectivity index (χ2v) is 5.13. The summed E-state index contributed by atoms with van der Waals surface area (Å²) in [6.45, 7) is 1.73. The molecule has 96 valence electrons. The summed E-state index contributed by atoms with van der Waals surface area (Å²) in [5, 5.41) is 18.6. The van der Waals surface area contributed by atoms with Crippen LogP contribution >= 0.6 is 11.8 Å². The summed E-state index contributed by atoms with van der Waals surface area (Å²) in [5.74, 6) is -0.546. The molecule has 0 saturated carbocycles. The summed E-state index contributed by atoms with van der Waals surface area (Å²) < 4.78 is 0. The van der Waals surface area contributed by atoms with Crippen molar-refractivity contribution in [3.05, 3.63) is 29.3 Å². The molecule has 2 N–H and O–H groups in total. The number of benzene rings is 1. The number of carbonyl (C=O) groups is 2. The van der Waals surface area contributed by atoms with Crippen LogP contribution in [-0.4, -0.2) is 44.7 Å². The number of hydrogen-bond acceptors (Lipinski definition) is 4. The van der Waals surface area contributed by atoms with Crippen molar-refractivity contribution >= 4 is 23.6 Å². The molecule has 0 bridgehead atoms. The fourth-order valence-electron chi connectivity index (χ4n) is 1.76. The van der Waals surface area contributed by atoms with Crippen molar-refractivity contribution in [3.63, 3.8) is 0 Å². The molecular formula is C12H13NO4S. The molecule has 6 heteroatoms. The fraction of sp³-hybridized carbons (Fsp3) is 0.333. The van der Waals surface area contributed by atoms with Gasteiger partial charge in [0.25, 0.3) is 5.91 Å². The van der Waals surface area contributed by atoms with Crippen LogP contribution in [0.15, 0.2) is 18.2 Å². The van der Waals surface area contributed by atoms with Crippen LogP contribution in [0.1, 0.15) is 15.9 Å². The third kappa shape index (κ3) is 2.28. The van der Waals surface area contributed by atoms with Gasteiger partial charge in [0.05, 0.1) is 5.88 Å². The molecule has 0 aliphatic carbocycles. The quantitative estimate of drug-likeness (QED) is 0.844. The maximum Gasteiger partial charge on any atom is 0.327 e.